The zero-order valence-corrected chi connectivity index (χ0v) is 17.8. The number of nitrogens with one attached hydrogen (secondary N) is 2. The third kappa shape index (κ3) is 3.59. The van der Waals surface area contributed by atoms with Crippen molar-refractivity contribution in [1.29, 1.82) is 0 Å². The van der Waals surface area contributed by atoms with Gasteiger partial charge in [0.2, 0.25) is 5.91 Å². The van der Waals surface area contributed by atoms with E-state index in [1.807, 2.05) is 60.4 Å². The van der Waals surface area contributed by atoms with E-state index >= 15 is 0 Å². The SMILES string of the molecule is CCOc1cccc(C2C3C(NNC3c3ccccc3O)C(=O)N2Cc2cccnc2)c1. The molecule has 2 aliphatic heterocycles. The first-order valence-electron chi connectivity index (χ1n) is 10.9. The third-order valence-electron chi connectivity index (χ3n) is 6.27. The fourth-order valence-electron chi connectivity index (χ4n) is 4.94. The number of likely N-dealkylation sites (tertiary alicyclic amines) is 1. The molecule has 3 N–H and O–H groups in total. The fourth-order valence-corrected chi connectivity index (χ4v) is 4.94. The Bertz CT molecular complexity index is 1110. The molecule has 1 aromatic heterocycles. The van der Waals surface area contributed by atoms with Crippen LogP contribution in [0.3, 0.4) is 0 Å². The second kappa shape index (κ2) is 8.61. The number of carbonyl (C=O) groups excluding carboxylic acids is 1. The first kappa shape index (κ1) is 20.5. The van der Waals surface area contributed by atoms with E-state index in [0.29, 0.717) is 13.2 Å². The lowest BCUT2D eigenvalue weighted by atomic mass is 9.83. The summed E-state index contributed by atoms with van der Waals surface area (Å²) in [7, 11) is 0. The van der Waals surface area contributed by atoms with Gasteiger partial charge in [0.15, 0.2) is 0 Å². The standard InChI is InChI=1S/C25H26N4O3/c1-2-32-18-9-5-8-17(13-18)24-21-22(19-10-3-4-11-20(19)30)27-28-23(21)25(31)29(24)15-16-7-6-12-26-14-16/h3-14,21-24,27-28,30H,2,15H2,1H3. The van der Waals surface area contributed by atoms with Crippen LogP contribution in [0.4, 0.5) is 0 Å². The minimum absolute atomic E-state index is 0.0242. The summed E-state index contributed by atoms with van der Waals surface area (Å²) < 4.78 is 5.74. The average Bonchev–Trinajstić information content (AvgIpc) is 3.35. The van der Waals surface area contributed by atoms with Crippen LogP contribution < -0.4 is 15.6 Å². The number of phenolic OH excluding ortho intramolecular Hbond substituents is 1. The highest BCUT2D eigenvalue weighted by atomic mass is 16.5. The summed E-state index contributed by atoms with van der Waals surface area (Å²) >= 11 is 0. The van der Waals surface area contributed by atoms with Crippen molar-refractivity contribution in [3.8, 4) is 11.5 Å². The number of ether oxygens (including phenoxy) is 1. The highest BCUT2D eigenvalue weighted by molar-refractivity contribution is 5.86. The maximum atomic E-state index is 13.6. The van der Waals surface area contributed by atoms with Gasteiger partial charge in [-0.05, 0) is 42.3 Å². The summed E-state index contributed by atoms with van der Waals surface area (Å²) in [6.45, 7) is 2.98. The van der Waals surface area contributed by atoms with Crippen molar-refractivity contribution in [3.63, 3.8) is 0 Å². The number of aromatic hydroxyl groups is 1. The van der Waals surface area contributed by atoms with Gasteiger partial charge in [0.1, 0.15) is 17.5 Å². The molecule has 0 radical (unpaired) electrons. The molecule has 2 saturated heterocycles. The minimum atomic E-state index is -0.406. The monoisotopic (exact) mass is 430 g/mol. The number of para-hydroxylation sites is 1. The van der Waals surface area contributed by atoms with Crippen LogP contribution in [0.15, 0.2) is 73.1 Å². The van der Waals surface area contributed by atoms with Crippen molar-refractivity contribution in [2.24, 2.45) is 5.92 Å². The van der Waals surface area contributed by atoms with Crippen molar-refractivity contribution < 1.29 is 14.6 Å². The number of carbonyl (C=O) groups is 1. The van der Waals surface area contributed by atoms with Gasteiger partial charge in [0.25, 0.3) is 0 Å². The maximum Gasteiger partial charge on any atom is 0.242 e. The zero-order valence-electron chi connectivity index (χ0n) is 17.8. The van der Waals surface area contributed by atoms with Gasteiger partial charge in [-0.1, -0.05) is 36.4 Å². The van der Waals surface area contributed by atoms with Crippen molar-refractivity contribution >= 4 is 5.91 Å². The van der Waals surface area contributed by atoms with E-state index in [9.17, 15) is 9.90 Å². The van der Waals surface area contributed by atoms with Gasteiger partial charge in [-0.3, -0.25) is 9.78 Å². The molecule has 2 aromatic carbocycles. The molecule has 4 atom stereocenters. The Morgan fingerprint density at radius 3 is 2.69 bits per heavy atom. The minimum Gasteiger partial charge on any atom is -0.508 e. The van der Waals surface area contributed by atoms with Crippen molar-refractivity contribution in [1.82, 2.24) is 20.7 Å². The van der Waals surface area contributed by atoms with Crippen LogP contribution in [0.2, 0.25) is 0 Å². The lowest BCUT2D eigenvalue weighted by Crippen LogP contribution is -2.41. The summed E-state index contributed by atoms with van der Waals surface area (Å²) in [5, 5.41) is 10.5. The molecule has 2 fully saturated rings. The summed E-state index contributed by atoms with van der Waals surface area (Å²) in [4.78, 5) is 19.7. The zero-order chi connectivity index (χ0) is 22.1. The van der Waals surface area contributed by atoms with Crippen LogP contribution in [0.5, 0.6) is 11.5 Å². The number of rotatable bonds is 6. The predicted molar refractivity (Wildman–Crippen MR) is 120 cm³/mol. The van der Waals surface area contributed by atoms with E-state index < -0.39 is 6.04 Å². The Morgan fingerprint density at radius 1 is 1.06 bits per heavy atom. The van der Waals surface area contributed by atoms with Gasteiger partial charge in [0.05, 0.1) is 18.7 Å². The number of phenols is 1. The van der Waals surface area contributed by atoms with Crippen LogP contribution in [-0.2, 0) is 11.3 Å². The van der Waals surface area contributed by atoms with Crippen LogP contribution >= 0.6 is 0 Å². The number of hydrogen-bond donors (Lipinski definition) is 3. The van der Waals surface area contributed by atoms with Gasteiger partial charge in [-0.25, -0.2) is 10.9 Å². The molecule has 3 aromatic rings. The van der Waals surface area contributed by atoms with Gasteiger partial charge in [-0.2, -0.15) is 0 Å². The quantitative estimate of drug-likeness (QED) is 0.557. The predicted octanol–water partition coefficient (Wildman–Crippen LogP) is 3.10. The van der Waals surface area contributed by atoms with Crippen LogP contribution in [-0.4, -0.2) is 33.5 Å². The first-order chi connectivity index (χ1) is 15.7. The third-order valence-corrected chi connectivity index (χ3v) is 6.27. The second-order valence-corrected chi connectivity index (χ2v) is 8.16. The van der Waals surface area contributed by atoms with Gasteiger partial charge >= 0.3 is 0 Å². The number of pyridine rings is 1. The molecular formula is C25H26N4O3. The van der Waals surface area contributed by atoms with E-state index in [1.165, 1.54) is 0 Å². The number of nitrogens with zero attached hydrogens (tertiary/aromatic N) is 2. The smallest absolute Gasteiger partial charge is 0.242 e. The normalized spacial score (nSPS) is 24.5. The van der Waals surface area contributed by atoms with Crippen molar-refractivity contribution in [2.45, 2.75) is 31.6 Å². The number of benzene rings is 2. The molecule has 1 amide bonds. The highest BCUT2D eigenvalue weighted by Gasteiger charge is 2.55. The molecule has 32 heavy (non-hydrogen) atoms. The van der Waals surface area contributed by atoms with Gasteiger partial charge in [-0.15, -0.1) is 0 Å². The van der Waals surface area contributed by atoms with Crippen LogP contribution in [0.1, 0.15) is 35.7 Å². The topological polar surface area (TPSA) is 86.7 Å². The maximum absolute atomic E-state index is 13.6. The van der Waals surface area contributed by atoms with E-state index in [-0.39, 0.29) is 29.7 Å². The number of hydrogen-bond acceptors (Lipinski definition) is 6. The van der Waals surface area contributed by atoms with Crippen molar-refractivity contribution in [2.75, 3.05) is 6.61 Å². The molecule has 3 heterocycles. The fraction of sp³-hybridized carbons (Fsp3) is 0.280. The number of fused-ring (bicyclic) bond motifs is 1. The van der Waals surface area contributed by atoms with Crippen LogP contribution in [0, 0.1) is 5.92 Å². The number of aromatic nitrogens is 1. The van der Waals surface area contributed by atoms with E-state index in [2.05, 4.69) is 15.8 Å². The van der Waals surface area contributed by atoms with E-state index in [1.54, 1.807) is 24.5 Å². The van der Waals surface area contributed by atoms with Crippen molar-refractivity contribution in [3.05, 3.63) is 89.7 Å². The molecule has 0 saturated carbocycles. The molecule has 0 spiro atoms. The summed E-state index contributed by atoms with van der Waals surface area (Å²) in [5.41, 5.74) is 9.22. The number of amides is 1. The lowest BCUT2D eigenvalue weighted by molar-refractivity contribution is -0.131. The first-order valence-corrected chi connectivity index (χ1v) is 10.9. The molecule has 2 aliphatic rings. The Balaban J connectivity index is 1.58. The molecule has 164 valence electrons. The summed E-state index contributed by atoms with van der Waals surface area (Å²) in [6, 6.07) is 18.2. The Hall–Kier alpha value is -3.42. The van der Waals surface area contributed by atoms with E-state index in [0.717, 1.165) is 22.4 Å². The molecule has 7 heteroatoms. The molecule has 4 unspecified atom stereocenters. The Kier molecular flexibility index (Phi) is 5.51. The molecule has 0 aliphatic carbocycles. The Labute approximate surface area is 187 Å². The molecule has 5 rings (SSSR count). The van der Waals surface area contributed by atoms with Gasteiger partial charge < -0.3 is 14.7 Å². The van der Waals surface area contributed by atoms with Gasteiger partial charge in [0, 0.05) is 30.4 Å². The Morgan fingerprint density at radius 2 is 1.91 bits per heavy atom. The summed E-state index contributed by atoms with van der Waals surface area (Å²) in [6.07, 6.45) is 3.52. The molecular weight excluding hydrogens is 404 g/mol. The van der Waals surface area contributed by atoms with Crippen LogP contribution in [0.25, 0.3) is 0 Å². The largest absolute Gasteiger partial charge is 0.508 e. The lowest BCUT2D eigenvalue weighted by Gasteiger charge is -2.31. The number of hydrazine groups is 1. The summed E-state index contributed by atoms with van der Waals surface area (Å²) in [5.74, 6) is 0.896. The van der Waals surface area contributed by atoms with E-state index in [4.69, 9.17) is 4.74 Å². The second-order valence-electron chi connectivity index (χ2n) is 8.16. The highest BCUT2D eigenvalue weighted by Crippen LogP contribution is 2.49. The average molecular weight is 431 g/mol. The molecule has 7 nitrogen and oxygen atoms in total. The molecule has 0 bridgehead atoms.